The molecule has 1 aromatic heterocycles. The lowest BCUT2D eigenvalue weighted by molar-refractivity contribution is -0.146. The molecule has 2 N–H and O–H groups in total. The molecule has 0 saturated heterocycles. The summed E-state index contributed by atoms with van der Waals surface area (Å²) in [4.78, 5) is 40.1. The average molecular weight is 563 g/mol. The van der Waals surface area contributed by atoms with Gasteiger partial charge in [0.25, 0.3) is 5.91 Å². The highest BCUT2D eigenvalue weighted by Gasteiger charge is 2.21. The molecule has 1 heterocycles. The molecule has 2 unspecified atom stereocenters. The Morgan fingerprint density at radius 2 is 1.76 bits per heavy atom. The van der Waals surface area contributed by atoms with Gasteiger partial charge in [-0.25, -0.2) is 9.37 Å². The van der Waals surface area contributed by atoms with Gasteiger partial charge in [-0.3, -0.25) is 14.4 Å². The van der Waals surface area contributed by atoms with Gasteiger partial charge in [-0.2, -0.15) is 0 Å². The molecule has 202 valence electrons. The molecule has 2 atom stereocenters. The first kappa shape index (κ1) is 30.5. The number of carbonyl (C=O) groups excluding carboxylic acids is 3. The zero-order chi connectivity index (χ0) is 28.1. The lowest BCUT2D eigenvalue weighted by Crippen LogP contribution is -2.33. The molecule has 0 fully saturated rings. The SMILES string of the molecule is COc1ccnc(C(=O)NCC(=O)OC(C)Cc2ccccc2)c1OC(C)=O.OS(=S)c1ccc(F)cc1. The molecule has 0 aliphatic rings. The molecule has 0 bridgehead atoms. The number of aromatic nitrogens is 1. The number of nitrogens with one attached hydrogen (secondary N) is 1. The fraction of sp³-hybridized carbons (Fsp3) is 0.231. The highest BCUT2D eigenvalue weighted by molar-refractivity contribution is 8.25. The second kappa shape index (κ2) is 15.5. The van der Waals surface area contributed by atoms with Crippen LogP contribution in [0, 0.1) is 5.82 Å². The summed E-state index contributed by atoms with van der Waals surface area (Å²) >= 11 is 4.55. The molecular formula is C26H27FN2O7S2. The van der Waals surface area contributed by atoms with Crippen LogP contribution in [0.2, 0.25) is 0 Å². The lowest BCUT2D eigenvalue weighted by atomic mass is 10.1. The maximum atomic E-state index is 12.4. The van der Waals surface area contributed by atoms with E-state index < -0.39 is 27.6 Å². The van der Waals surface area contributed by atoms with Crippen molar-refractivity contribution in [3.63, 3.8) is 0 Å². The van der Waals surface area contributed by atoms with Gasteiger partial charge >= 0.3 is 11.9 Å². The first-order valence-corrected chi connectivity index (χ1v) is 13.3. The fourth-order valence-electron chi connectivity index (χ4n) is 3.04. The third-order valence-electron chi connectivity index (χ3n) is 4.66. The number of nitrogens with zero attached hydrogens (tertiary/aromatic N) is 1. The van der Waals surface area contributed by atoms with Crippen molar-refractivity contribution in [2.24, 2.45) is 0 Å². The second-order valence-corrected chi connectivity index (χ2v) is 9.58. The molecule has 0 saturated carbocycles. The number of hydrogen-bond acceptors (Lipinski definition) is 8. The van der Waals surface area contributed by atoms with Crippen LogP contribution in [0.1, 0.15) is 29.9 Å². The molecule has 3 rings (SSSR count). The highest BCUT2D eigenvalue weighted by atomic mass is 32.8. The van der Waals surface area contributed by atoms with Gasteiger partial charge < -0.3 is 24.1 Å². The van der Waals surface area contributed by atoms with E-state index in [1.807, 2.05) is 30.3 Å². The van der Waals surface area contributed by atoms with E-state index in [1.165, 1.54) is 50.6 Å². The largest absolute Gasteiger partial charge is 0.493 e. The molecule has 9 nitrogen and oxygen atoms in total. The van der Waals surface area contributed by atoms with Crippen molar-refractivity contribution in [3.8, 4) is 11.5 Å². The molecular weight excluding hydrogens is 535 g/mol. The number of esters is 2. The normalized spacial score (nSPS) is 11.7. The van der Waals surface area contributed by atoms with Crippen LogP contribution < -0.4 is 14.8 Å². The maximum Gasteiger partial charge on any atom is 0.325 e. The van der Waals surface area contributed by atoms with Crippen molar-refractivity contribution in [3.05, 3.63) is 83.9 Å². The Balaban J connectivity index is 0.000000423. The summed E-state index contributed by atoms with van der Waals surface area (Å²) in [5, 5.41) is 2.41. The van der Waals surface area contributed by atoms with Gasteiger partial charge in [-0.1, -0.05) is 30.3 Å². The highest BCUT2D eigenvalue weighted by Crippen LogP contribution is 2.29. The Morgan fingerprint density at radius 1 is 1.11 bits per heavy atom. The summed E-state index contributed by atoms with van der Waals surface area (Å²) in [5.74, 6) is -2.16. The minimum absolute atomic E-state index is 0.110. The van der Waals surface area contributed by atoms with Crippen LogP contribution in [0.25, 0.3) is 0 Å². The van der Waals surface area contributed by atoms with Gasteiger partial charge in [0, 0.05) is 40.2 Å². The van der Waals surface area contributed by atoms with Crippen LogP contribution in [0.15, 0.2) is 71.8 Å². The van der Waals surface area contributed by atoms with Gasteiger partial charge in [0.2, 0.25) is 5.75 Å². The monoisotopic (exact) mass is 562 g/mol. The molecule has 38 heavy (non-hydrogen) atoms. The van der Waals surface area contributed by atoms with Crippen molar-refractivity contribution < 1.29 is 37.5 Å². The predicted octanol–water partition coefficient (Wildman–Crippen LogP) is 3.66. The van der Waals surface area contributed by atoms with E-state index in [4.69, 9.17) is 18.8 Å². The van der Waals surface area contributed by atoms with Gasteiger partial charge in [0.1, 0.15) is 18.5 Å². The van der Waals surface area contributed by atoms with Crippen LogP contribution in [0.5, 0.6) is 11.5 Å². The minimum atomic E-state index is -1.17. The van der Waals surface area contributed by atoms with E-state index in [9.17, 15) is 18.8 Å². The number of pyridine rings is 1. The Hall–Kier alpha value is -3.74. The van der Waals surface area contributed by atoms with E-state index in [1.54, 1.807) is 6.92 Å². The van der Waals surface area contributed by atoms with Crippen molar-refractivity contribution in [1.82, 2.24) is 10.3 Å². The minimum Gasteiger partial charge on any atom is -0.493 e. The van der Waals surface area contributed by atoms with E-state index in [0.717, 1.165) is 5.56 Å². The predicted molar refractivity (Wildman–Crippen MR) is 142 cm³/mol. The standard InChI is InChI=1S/C20H22N2O6.C6H5FOS2/c1-13(11-15-7-5-4-6-8-15)27-17(24)12-22-20(25)18-19(28-14(2)23)16(26-3)9-10-21-18;7-5-1-3-6(4-2-5)10(8)9/h4-10,13H,11-12H2,1-3H3,(H,22,25);1-4H,(H,8,9). The summed E-state index contributed by atoms with van der Waals surface area (Å²) in [5.41, 5.74) is 0.873. The smallest absolute Gasteiger partial charge is 0.325 e. The molecule has 2 aromatic carbocycles. The number of methoxy groups -OCH3 is 1. The van der Waals surface area contributed by atoms with E-state index in [0.29, 0.717) is 11.3 Å². The zero-order valence-electron chi connectivity index (χ0n) is 20.9. The number of ether oxygens (including phenoxy) is 3. The summed E-state index contributed by atoms with van der Waals surface area (Å²) in [6.45, 7) is 2.62. The average Bonchev–Trinajstić information content (AvgIpc) is 2.88. The van der Waals surface area contributed by atoms with Gasteiger partial charge in [0.05, 0.1) is 7.11 Å². The summed E-state index contributed by atoms with van der Waals surface area (Å²) < 4.78 is 36.5. The fourth-order valence-corrected chi connectivity index (χ4v) is 3.74. The zero-order valence-corrected chi connectivity index (χ0v) is 22.5. The van der Waals surface area contributed by atoms with Crippen LogP contribution in [-0.2, 0) is 41.7 Å². The van der Waals surface area contributed by atoms with Gasteiger partial charge in [-0.05, 0) is 47.9 Å². The molecule has 1 amide bonds. The molecule has 12 heteroatoms. The Kier molecular flexibility index (Phi) is 12.4. The molecule has 0 radical (unpaired) electrons. The van der Waals surface area contributed by atoms with Crippen LogP contribution in [0.4, 0.5) is 4.39 Å². The Labute approximate surface area is 226 Å². The molecule has 3 aromatic rings. The van der Waals surface area contributed by atoms with Crippen molar-refractivity contribution >= 4 is 38.8 Å². The first-order chi connectivity index (χ1) is 18.1. The third kappa shape index (κ3) is 10.3. The number of halogens is 1. The van der Waals surface area contributed by atoms with Gasteiger partial charge in [-0.15, -0.1) is 0 Å². The van der Waals surface area contributed by atoms with Gasteiger partial charge in [0.15, 0.2) is 11.4 Å². The molecule has 0 aliphatic carbocycles. The summed E-state index contributed by atoms with van der Waals surface area (Å²) in [6, 6.07) is 16.6. The number of benzene rings is 2. The number of amides is 1. The second-order valence-electron chi connectivity index (χ2n) is 7.66. The quantitative estimate of drug-likeness (QED) is 0.376. The maximum absolute atomic E-state index is 12.4. The number of rotatable bonds is 9. The Bertz CT molecular complexity index is 1260. The number of hydrogen-bond donors (Lipinski definition) is 2. The van der Waals surface area contributed by atoms with Crippen molar-refractivity contribution in [2.45, 2.75) is 31.3 Å². The molecule has 0 spiro atoms. The van der Waals surface area contributed by atoms with E-state index in [-0.39, 0.29) is 35.7 Å². The summed E-state index contributed by atoms with van der Waals surface area (Å²) in [6.07, 6.45) is 1.55. The topological polar surface area (TPSA) is 124 Å². The lowest BCUT2D eigenvalue weighted by Gasteiger charge is -2.14. The van der Waals surface area contributed by atoms with Crippen LogP contribution >= 0.6 is 0 Å². The molecule has 0 aliphatic heterocycles. The van der Waals surface area contributed by atoms with Crippen LogP contribution in [-0.4, -0.2) is 47.1 Å². The van der Waals surface area contributed by atoms with E-state index in [2.05, 4.69) is 21.5 Å². The van der Waals surface area contributed by atoms with Crippen molar-refractivity contribution in [2.75, 3.05) is 13.7 Å². The first-order valence-electron chi connectivity index (χ1n) is 11.2. The van der Waals surface area contributed by atoms with Crippen molar-refractivity contribution in [1.29, 1.82) is 0 Å². The summed E-state index contributed by atoms with van der Waals surface area (Å²) in [7, 11) is 0.200. The number of carbonyl (C=O) groups is 3. The van der Waals surface area contributed by atoms with Crippen LogP contribution in [0.3, 0.4) is 0 Å². The Morgan fingerprint density at radius 3 is 2.34 bits per heavy atom. The van der Waals surface area contributed by atoms with E-state index >= 15 is 0 Å². The third-order valence-corrected chi connectivity index (χ3v) is 5.91.